The third kappa shape index (κ3) is 7.91. The van der Waals surface area contributed by atoms with Crippen LogP contribution in [0.5, 0.6) is 0 Å². The number of nitrogens with one attached hydrogen (secondary N) is 2. The van der Waals surface area contributed by atoms with Crippen molar-refractivity contribution in [2.45, 2.75) is 70.4 Å². The summed E-state index contributed by atoms with van der Waals surface area (Å²) in [5.74, 6) is -1.28. The molecule has 0 aromatic heterocycles. The molecule has 0 bridgehead atoms. The Bertz CT molecular complexity index is 657. The van der Waals surface area contributed by atoms with Gasteiger partial charge in [-0.05, 0) is 17.4 Å². The third-order valence-corrected chi connectivity index (χ3v) is 5.71. The molecule has 1 aliphatic rings. The molecule has 1 aromatic rings. The minimum atomic E-state index is -1.75. The summed E-state index contributed by atoms with van der Waals surface area (Å²) in [5.41, 5.74) is 4.60. The molecule has 2 rings (SSSR count). The van der Waals surface area contributed by atoms with Crippen molar-refractivity contribution < 1.29 is 37.8 Å². The van der Waals surface area contributed by atoms with Crippen LogP contribution < -0.4 is 28.8 Å². The molecule has 0 unspecified atom stereocenters. The molecule has 168 valence electrons. The lowest BCUT2D eigenvalue weighted by Crippen LogP contribution is -3.00. The lowest BCUT2D eigenvalue weighted by Gasteiger charge is -2.27. The van der Waals surface area contributed by atoms with E-state index in [9.17, 15) is 19.6 Å². The lowest BCUT2D eigenvalue weighted by atomic mass is 9.75. The summed E-state index contributed by atoms with van der Waals surface area (Å²) in [6.07, 6.45) is 6.70. The lowest BCUT2D eigenvalue weighted by molar-refractivity contribution is -0.407. The van der Waals surface area contributed by atoms with Crippen LogP contribution in [0.15, 0.2) is 30.3 Å². The minimum Gasteiger partial charge on any atom is -1.00 e. The van der Waals surface area contributed by atoms with Gasteiger partial charge in [0.05, 0.1) is 5.94 Å². The minimum absolute atomic E-state index is 0. The SMILES string of the molecule is CC(C)[C@H](NC(=O)[C@H]([NH3+])CC1CCCCC1)C(=O)N[C@H](B(O)O)c1ccccc1.[Cl-]. The van der Waals surface area contributed by atoms with E-state index in [4.69, 9.17) is 0 Å². The van der Waals surface area contributed by atoms with Crippen LogP contribution in [0.2, 0.25) is 0 Å². The molecule has 1 aliphatic carbocycles. The highest BCUT2D eigenvalue weighted by atomic mass is 35.5. The average Bonchev–Trinajstić information content (AvgIpc) is 2.70. The molecule has 0 saturated heterocycles. The van der Waals surface area contributed by atoms with Crippen molar-refractivity contribution in [2.75, 3.05) is 0 Å². The molecule has 3 atom stereocenters. The molecule has 2 amide bonds. The first-order chi connectivity index (χ1) is 13.8. The summed E-state index contributed by atoms with van der Waals surface area (Å²) in [6.45, 7) is 3.69. The van der Waals surface area contributed by atoms with Crippen LogP contribution in [0, 0.1) is 11.8 Å². The highest BCUT2D eigenvalue weighted by Crippen LogP contribution is 2.26. The smallest absolute Gasteiger partial charge is 0.480 e. The molecular formula is C21H35BClN3O4. The molecule has 9 heteroatoms. The van der Waals surface area contributed by atoms with Crippen molar-refractivity contribution >= 4 is 18.9 Å². The zero-order chi connectivity index (χ0) is 21.4. The topological polar surface area (TPSA) is 126 Å². The van der Waals surface area contributed by atoms with Crippen LogP contribution in [0.3, 0.4) is 0 Å². The Morgan fingerprint density at radius 3 is 2.20 bits per heavy atom. The van der Waals surface area contributed by atoms with E-state index in [0.717, 1.165) is 19.3 Å². The number of rotatable bonds is 9. The van der Waals surface area contributed by atoms with Gasteiger partial charge in [0.15, 0.2) is 6.04 Å². The Labute approximate surface area is 185 Å². The summed E-state index contributed by atoms with van der Waals surface area (Å²) in [5, 5.41) is 25.0. The summed E-state index contributed by atoms with van der Waals surface area (Å²) >= 11 is 0. The highest BCUT2D eigenvalue weighted by Gasteiger charge is 2.33. The van der Waals surface area contributed by atoms with Crippen molar-refractivity contribution in [1.82, 2.24) is 10.6 Å². The first kappa shape index (κ1) is 26.4. The van der Waals surface area contributed by atoms with Crippen molar-refractivity contribution in [3.05, 3.63) is 35.9 Å². The van der Waals surface area contributed by atoms with Crippen LogP contribution in [-0.2, 0) is 9.59 Å². The fraction of sp³-hybridized carbons (Fsp3) is 0.619. The van der Waals surface area contributed by atoms with Gasteiger partial charge < -0.3 is 38.8 Å². The van der Waals surface area contributed by atoms with Gasteiger partial charge in [-0.25, -0.2) is 0 Å². The summed E-state index contributed by atoms with van der Waals surface area (Å²) < 4.78 is 0. The number of hydrogen-bond donors (Lipinski definition) is 5. The van der Waals surface area contributed by atoms with E-state index >= 15 is 0 Å². The van der Waals surface area contributed by atoms with Gasteiger partial charge in [0.1, 0.15) is 6.04 Å². The van der Waals surface area contributed by atoms with Crippen LogP contribution in [0.25, 0.3) is 0 Å². The van der Waals surface area contributed by atoms with Crippen LogP contribution >= 0.6 is 0 Å². The molecule has 0 heterocycles. The molecule has 7 N–H and O–H groups in total. The second-order valence-corrected chi connectivity index (χ2v) is 8.48. The van der Waals surface area contributed by atoms with Crippen molar-refractivity contribution in [2.24, 2.45) is 11.8 Å². The van der Waals surface area contributed by atoms with Crippen molar-refractivity contribution in [1.29, 1.82) is 0 Å². The molecule has 7 nitrogen and oxygen atoms in total. The third-order valence-electron chi connectivity index (χ3n) is 5.71. The monoisotopic (exact) mass is 439 g/mol. The van der Waals surface area contributed by atoms with Crippen molar-refractivity contribution in [3.8, 4) is 0 Å². The summed E-state index contributed by atoms with van der Waals surface area (Å²) in [7, 11) is -1.75. The second kappa shape index (κ2) is 12.9. The van der Waals surface area contributed by atoms with Crippen LogP contribution in [0.4, 0.5) is 0 Å². The largest absolute Gasteiger partial charge is 1.00 e. The predicted octanol–water partition coefficient (Wildman–Crippen LogP) is -2.42. The maximum Gasteiger partial charge on any atom is 0.480 e. The molecule has 0 aliphatic heterocycles. The maximum absolute atomic E-state index is 12.9. The molecule has 1 fully saturated rings. The zero-order valence-electron chi connectivity index (χ0n) is 17.9. The van der Waals surface area contributed by atoms with Gasteiger partial charge in [0.2, 0.25) is 5.91 Å². The van der Waals surface area contributed by atoms with Crippen molar-refractivity contribution in [3.63, 3.8) is 0 Å². The highest BCUT2D eigenvalue weighted by molar-refractivity contribution is 6.43. The predicted molar refractivity (Wildman–Crippen MR) is 112 cm³/mol. The Hall–Kier alpha value is -1.61. The van der Waals surface area contributed by atoms with Gasteiger partial charge in [-0.1, -0.05) is 76.3 Å². The zero-order valence-corrected chi connectivity index (χ0v) is 18.6. The summed E-state index contributed by atoms with van der Waals surface area (Å²) in [4.78, 5) is 25.5. The van der Waals surface area contributed by atoms with Gasteiger partial charge in [0.25, 0.3) is 5.91 Å². The number of benzene rings is 1. The first-order valence-corrected chi connectivity index (χ1v) is 10.6. The van der Waals surface area contributed by atoms with Gasteiger partial charge in [-0.2, -0.15) is 0 Å². The Balaban J connectivity index is 0.00000450. The van der Waals surface area contributed by atoms with Gasteiger partial charge in [0, 0.05) is 6.42 Å². The van der Waals surface area contributed by atoms with E-state index in [0.29, 0.717) is 11.5 Å². The molecular weight excluding hydrogens is 405 g/mol. The number of halogens is 1. The molecule has 1 aromatic carbocycles. The van der Waals surface area contributed by atoms with Crippen LogP contribution in [-0.4, -0.2) is 41.1 Å². The van der Waals surface area contributed by atoms with Crippen LogP contribution in [0.1, 0.15) is 63.9 Å². The molecule has 0 spiro atoms. The Kier molecular flexibility index (Phi) is 11.4. The van der Waals surface area contributed by atoms with E-state index < -0.39 is 31.1 Å². The van der Waals surface area contributed by atoms with E-state index in [1.54, 1.807) is 24.3 Å². The standard InChI is InChI=1S/C21H34BN3O4.ClH/c1-14(2)18(24-20(26)17(23)13-15-9-5-3-6-10-15)21(27)25-19(22(28)29)16-11-7-4-8-12-16;/h4,7-8,11-12,14-15,17-19,28-29H,3,5-6,9-10,13,23H2,1-2H3,(H,24,26)(H,25,27);1H/t17-,18+,19+;/m1./s1. The quantitative estimate of drug-likeness (QED) is 0.275. The number of hydrogen-bond acceptors (Lipinski definition) is 4. The number of carbonyl (C=O) groups is 2. The van der Waals surface area contributed by atoms with E-state index in [-0.39, 0.29) is 24.2 Å². The Morgan fingerprint density at radius 1 is 1.07 bits per heavy atom. The molecule has 30 heavy (non-hydrogen) atoms. The first-order valence-electron chi connectivity index (χ1n) is 10.6. The summed E-state index contributed by atoms with van der Waals surface area (Å²) in [6, 6.07) is 7.58. The molecule has 0 radical (unpaired) electrons. The van der Waals surface area contributed by atoms with E-state index in [1.165, 1.54) is 19.3 Å². The maximum atomic E-state index is 12.9. The Morgan fingerprint density at radius 2 is 1.67 bits per heavy atom. The van der Waals surface area contributed by atoms with Gasteiger partial charge in [-0.3, -0.25) is 9.59 Å². The second-order valence-electron chi connectivity index (χ2n) is 8.48. The number of quaternary nitrogens is 1. The van der Waals surface area contributed by atoms with Gasteiger partial charge >= 0.3 is 7.12 Å². The fourth-order valence-corrected chi connectivity index (χ4v) is 3.97. The van der Waals surface area contributed by atoms with E-state index in [2.05, 4.69) is 16.4 Å². The normalized spacial score (nSPS) is 17.4. The fourth-order valence-electron chi connectivity index (χ4n) is 3.97. The number of carbonyl (C=O) groups excluding carboxylic acids is 2. The van der Waals surface area contributed by atoms with Gasteiger partial charge in [-0.15, -0.1) is 0 Å². The average molecular weight is 440 g/mol. The number of amides is 2. The van der Waals surface area contributed by atoms with E-state index in [1.807, 2.05) is 19.9 Å². The molecule has 1 saturated carbocycles.